The molecule has 0 aliphatic rings. The fraction of sp³-hybridized carbons (Fsp3) is 0.400. The number of benzene rings is 1. The lowest BCUT2D eigenvalue weighted by atomic mass is 9.84. The van der Waals surface area contributed by atoms with Gasteiger partial charge >= 0.3 is 0 Å². The molecule has 0 fully saturated rings. The van der Waals surface area contributed by atoms with Crippen LogP contribution in [0.5, 0.6) is 0 Å². The molecule has 1 aromatic heterocycles. The quantitative estimate of drug-likeness (QED) is 0.855. The van der Waals surface area contributed by atoms with Gasteiger partial charge in [-0.25, -0.2) is 0 Å². The molecular weight excluding hydrogens is 226 g/mol. The molecule has 96 valence electrons. The van der Waals surface area contributed by atoms with Gasteiger partial charge in [-0.3, -0.25) is 4.98 Å². The molecule has 0 aliphatic heterocycles. The van der Waals surface area contributed by atoms with Crippen LogP contribution in [0.25, 0.3) is 10.9 Å². The minimum atomic E-state index is -0.915. The first-order valence-corrected chi connectivity index (χ1v) is 6.10. The van der Waals surface area contributed by atoms with Crippen molar-refractivity contribution in [3.8, 4) is 0 Å². The average Bonchev–Trinajstić information content (AvgIpc) is 2.35. The topological polar surface area (TPSA) is 53.4 Å². The summed E-state index contributed by atoms with van der Waals surface area (Å²) in [5.41, 5.74) is 1.17. The van der Waals surface area contributed by atoms with Crippen molar-refractivity contribution >= 4 is 10.9 Å². The fourth-order valence-electron chi connectivity index (χ4n) is 1.91. The van der Waals surface area contributed by atoms with Crippen LogP contribution in [0.2, 0.25) is 0 Å². The molecule has 3 nitrogen and oxygen atoms in total. The molecule has 2 N–H and O–H groups in total. The highest BCUT2D eigenvalue weighted by Gasteiger charge is 2.30. The van der Waals surface area contributed by atoms with Gasteiger partial charge in [0.15, 0.2) is 0 Å². The van der Waals surface area contributed by atoms with Crippen LogP contribution in [0, 0.1) is 5.41 Å². The molecule has 0 saturated heterocycles. The molecule has 2 atom stereocenters. The molecule has 18 heavy (non-hydrogen) atoms. The summed E-state index contributed by atoms with van der Waals surface area (Å²) in [6, 6.07) is 9.60. The van der Waals surface area contributed by atoms with Crippen molar-refractivity contribution in [1.82, 2.24) is 4.98 Å². The summed E-state index contributed by atoms with van der Waals surface area (Å²) in [4.78, 5) is 4.30. The molecular formula is C15H19NO2. The maximum Gasteiger partial charge on any atom is 0.107 e. The van der Waals surface area contributed by atoms with Crippen LogP contribution >= 0.6 is 0 Å². The largest absolute Gasteiger partial charge is 0.390 e. The smallest absolute Gasteiger partial charge is 0.107 e. The predicted molar refractivity (Wildman–Crippen MR) is 72.2 cm³/mol. The summed E-state index contributed by atoms with van der Waals surface area (Å²) < 4.78 is 0. The van der Waals surface area contributed by atoms with Gasteiger partial charge in [-0.2, -0.15) is 0 Å². The normalized spacial score (nSPS) is 15.6. The third-order valence-electron chi connectivity index (χ3n) is 3.14. The zero-order valence-corrected chi connectivity index (χ0v) is 11.0. The molecule has 1 heterocycles. The van der Waals surface area contributed by atoms with Crippen molar-refractivity contribution in [2.45, 2.75) is 33.0 Å². The first-order chi connectivity index (χ1) is 8.39. The minimum Gasteiger partial charge on any atom is -0.390 e. The number of aliphatic hydroxyl groups excluding tert-OH is 2. The summed E-state index contributed by atoms with van der Waals surface area (Å²) >= 11 is 0. The molecule has 2 unspecified atom stereocenters. The number of hydrogen-bond acceptors (Lipinski definition) is 3. The van der Waals surface area contributed by atoms with E-state index in [2.05, 4.69) is 4.98 Å². The Labute approximate surface area is 107 Å². The van der Waals surface area contributed by atoms with E-state index in [9.17, 15) is 10.2 Å². The van der Waals surface area contributed by atoms with Crippen LogP contribution in [-0.2, 0) is 0 Å². The Morgan fingerprint density at radius 3 is 2.44 bits per heavy atom. The summed E-state index contributed by atoms with van der Waals surface area (Å²) in [6.45, 7) is 5.69. The van der Waals surface area contributed by atoms with Crippen LogP contribution in [-0.4, -0.2) is 21.3 Å². The maximum atomic E-state index is 10.2. The number of rotatable bonds is 2. The van der Waals surface area contributed by atoms with Crippen molar-refractivity contribution in [3.63, 3.8) is 0 Å². The second-order valence-corrected chi connectivity index (χ2v) is 5.72. The van der Waals surface area contributed by atoms with Crippen LogP contribution < -0.4 is 0 Å². The first kappa shape index (κ1) is 13.0. The Balaban J connectivity index is 2.36. The summed E-state index contributed by atoms with van der Waals surface area (Å²) in [5.74, 6) is 0. The fourth-order valence-corrected chi connectivity index (χ4v) is 1.91. The van der Waals surface area contributed by atoms with E-state index in [1.165, 1.54) is 0 Å². The van der Waals surface area contributed by atoms with Crippen LogP contribution in [0.4, 0.5) is 0 Å². The first-order valence-electron chi connectivity index (χ1n) is 6.10. The molecule has 0 radical (unpaired) electrons. The average molecular weight is 245 g/mol. The van der Waals surface area contributed by atoms with E-state index in [-0.39, 0.29) is 5.41 Å². The maximum absolute atomic E-state index is 10.2. The van der Waals surface area contributed by atoms with Gasteiger partial charge in [0.05, 0.1) is 11.6 Å². The number of nitrogens with zero attached hydrogens (tertiary/aromatic N) is 1. The Morgan fingerprint density at radius 2 is 1.78 bits per heavy atom. The van der Waals surface area contributed by atoms with Gasteiger partial charge in [0.2, 0.25) is 0 Å². The Bertz CT molecular complexity index is 545. The van der Waals surface area contributed by atoms with E-state index >= 15 is 0 Å². The lowest BCUT2D eigenvalue weighted by Crippen LogP contribution is -2.32. The van der Waals surface area contributed by atoms with E-state index < -0.39 is 12.2 Å². The van der Waals surface area contributed by atoms with Gasteiger partial charge in [-0.1, -0.05) is 39.0 Å². The van der Waals surface area contributed by atoms with Crippen molar-refractivity contribution in [2.24, 2.45) is 5.41 Å². The number of aromatic nitrogens is 1. The third-order valence-corrected chi connectivity index (χ3v) is 3.14. The van der Waals surface area contributed by atoms with Gasteiger partial charge in [0, 0.05) is 17.1 Å². The number of hydrogen-bond donors (Lipinski definition) is 2. The molecule has 0 saturated carbocycles. The Morgan fingerprint density at radius 1 is 1.11 bits per heavy atom. The summed E-state index contributed by atoms with van der Waals surface area (Å²) in [6.07, 6.45) is -0.107. The van der Waals surface area contributed by atoms with E-state index in [0.29, 0.717) is 5.56 Å². The van der Waals surface area contributed by atoms with E-state index in [0.717, 1.165) is 10.9 Å². The highest BCUT2D eigenvalue weighted by molar-refractivity contribution is 5.78. The highest BCUT2D eigenvalue weighted by Crippen LogP contribution is 2.30. The van der Waals surface area contributed by atoms with E-state index in [1.54, 1.807) is 6.20 Å². The van der Waals surface area contributed by atoms with Crippen molar-refractivity contribution in [2.75, 3.05) is 0 Å². The second-order valence-electron chi connectivity index (χ2n) is 5.72. The highest BCUT2D eigenvalue weighted by atomic mass is 16.3. The molecule has 0 spiro atoms. The Hall–Kier alpha value is -1.45. The van der Waals surface area contributed by atoms with Crippen LogP contribution in [0.3, 0.4) is 0 Å². The Kier molecular flexibility index (Phi) is 3.37. The molecule has 3 heteroatoms. The van der Waals surface area contributed by atoms with Crippen molar-refractivity contribution in [3.05, 3.63) is 42.1 Å². The van der Waals surface area contributed by atoms with Crippen molar-refractivity contribution in [1.29, 1.82) is 0 Å². The standard InChI is InChI=1S/C15H19NO2/c1-15(2,3)14(18)13(17)11-8-10-6-4-5-7-12(10)16-9-11/h4-9,13-14,17-18H,1-3H3. The SMILES string of the molecule is CC(C)(C)C(O)C(O)c1cnc2ccccc2c1. The van der Waals surface area contributed by atoms with Gasteiger partial charge < -0.3 is 10.2 Å². The molecule has 1 aromatic carbocycles. The zero-order chi connectivity index (χ0) is 13.3. The monoisotopic (exact) mass is 245 g/mol. The molecule has 0 aliphatic carbocycles. The summed E-state index contributed by atoms with van der Waals surface area (Å²) in [5, 5.41) is 21.3. The van der Waals surface area contributed by atoms with Crippen molar-refractivity contribution < 1.29 is 10.2 Å². The number of para-hydroxylation sites is 1. The van der Waals surface area contributed by atoms with Gasteiger partial charge in [-0.15, -0.1) is 0 Å². The zero-order valence-electron chi connectivity index (χ0n) is 11.0. The van der Waals surface area contributed by atoms with Crippen LogP contribution in [0.1, 0.15) is 32.4 Å². The van der Waals surface area contributed by atoms with Gasteiger partial charge in [0.25, 0.3) is 0 Å². The molecule has 0 amide bonds. The van der Waals surface area contributed by atoms with E-state index in [4.69, 9.17) is 0 Å². The lowest BCUT2D eigenvalue weighted by Gasteiger charge is -2.30. The molecule has 2 rings (SSSR count). The van der Waals surface area contributed by atoms with E-state index in [1.807, 2.05) is 51.1 Å². The molecule has 2 aromatic rings. The minimum absolute atomic E-state index is 0.370. The predicted octanol–water partition coefficient (Wildman–Crippen LogP) is 2.68. The number of aliphatic hydroxyl groups is 2. The molecule has 0 bridgehead atoms. The summed E-state index contributed by atoms with van der Waals surface area (Å²) in [7, 11) is 0. The van der Waals surface area contributed by atoms with Gasteiger partial charge in [-0.05, 0) is 17.5 Å². The van der Waals surface area contributed by atoms with Gasteiger partial charge in [0.1, 0.15) is 6.10 Å². The lowest BCUT2D eigenvalue weighted by molar-refractivity contribution is -0.0459. The number of pyridine rings is 1. The van der Waals surface area contributed by atoms with Crippen LogP contribution in [0.15, 0.2) is 36.5 Å². The third kappa shape index (κ3) is 2.52. The second kappa shape index (κ2) is 4.67. The number of fused-ring (bicyclic) bond motifs is 1.